The van der Waals surface area contributed by atoms with Gasteiger partial charge in [0.2, 0.25) is 17.7 Å². The SMILES string of the molecule is CCC(C)(C)NC(=O)CN(C(=O)CCC(=O)Nc1ccccn1)c1ccc(OC)cc1OC. The zero-order valence-corrected chi connectivity index (χ0v) is 19.8. The summed E-state index contributed by atoms with van der Waals surface area (Å²) in [4.78, 5) is 43.6. The van der Waals surface area contributed by atoms with Gasteiger partial charge in [0.1, 0.15) is 23.9 Å². The van der Waals surface area contributed by atoms with E-state index in [1.165, 1.54) is 19.1 Å². The van der Waals surface area contributed by atoms with Crippen molar-refractivity contribution in [1.29, 1.82) is 0 Å². The van der Waals surface area contributed by atoms with Gasteiger partial charge in [0.25, 0.3) is 0 Å². The molecular weight excluding hydrogens is 424 g/mol. The number of nitrogens with one attached hydrogen (secondary N) is 2. The van der Waals surface area contributed by atoms with E-state index in [1.54, 1.807) is 42.6 Å². The molecular formula is C24H32N4O5. The summed E-state index contributed by atoms with van der Waals surface area (Å²) in [7, 11) is 3.00. The molecule has 2 aromatic rings. The highest BCUT2D eigenvalue weighted by atomic mass is 16.5. The van der Waals surface area contributed by atoms with Crippen LogP contribution in [0.3, 0.4) is 0 Å². The van der Waals surface area contributed by atoms with Crippen molar-refractivity contribution in [2.75, 3.05) is 31.0 Å². The van der Waals surface area contributed by atoms with Crippen LogP contribution in [0.25, 0.3) is 0 Å². The number of nitrogens with zero attached hydrogens (tertiary/aromatic N) is 2. The Hall–Kier alpha value is -3.62. The standard InChI is InChI=1S/C24H32N4O5/c1-6-24(2,3)27-22(30)16-28(18-11-10-17(32-4)15-19(18)33-5)23(31)13-12-21(29)26-20-9-7-8-14-25-20/h7-11,14-15H,6,12-13,16H2,1-5H3,(H,27,30)(H,25,26,29). The lowest BCUT2D eigenvalue weighted by atomic mass is 10.0. The fourth-order valence-corrected chi connectivity index (χ4v) is 2.96. The first-order chi connectivity index (χ1) is 15.7. The number of pyridine rings is 1. The monoisotopic (exact) mass is 456 g/mol. The van der Waals surface area contributed by atoms with Crippen molar-refractivity contribution >= 4 is 29.2 Å². The molecule has 0 aliphatic heterocycles. The van der Waals surface area contributed by atoms with Crippen LogP contribution in [0.15, 0.2) is 42.6 Å². The fraction of sp³-hybridized carbons (Fsp3) is 0.417. The summed E-state index contributed by atoms with van der Waals surface area (Å²) in [5.74, 6) is 0.285. The Morgan fingerprint density at radius 3 is 2.39 bits per heavy atom. The molecule has 0 saturated carbocycles. The normalized spacial score (nSPS) is 10.8. The third-order valence-corrected chi connectivity index (χ3v) is 5.14. The predicted molar refractivity (Wildman–Crippen MR) is 127 cm³/mol. The summed E-state index contributed by atoms with van der Waals surface area (Å²) in [5, 5.41) is 5.58. The van der Waals surface area contributed by atoms with Crippen molar-refractivity contribution in [3.8, 4) is 11.5 Å². The van der Waals surface area contributed by atoms with Crippen LogP contribution in [0.2, 0.25) is 0 Å². The Kier molecular flexibility index (Phi) is 9.20. The third-order valence-electron chi connectivity index (χ3n) is 5.14. The molecule has 0 fully saturated rings. The number of carbonyl (C=O) groups excluding carboxylic acids is 3. The largest absolute Gasteiger partial charge is 0.497 e. The highest BCUT2D eigenvalue weighted by Gasteiger charge is 2.26. The van der Waals surface area contributed by atoms with Gasteiger partial charge < -0.3 is 20.1 Å². The van der Waals surface area contributed by atoms with E-state index < -0.39 is 5.54 Å². The molecule has 2 rings (SSSR count). The van der Waals surface area contributed by atoms with E-state index in [0.29, 0.717) is 23.0 Å². The van der Waals surface area contributed by atoms with Gasteiger partial charge in [0, 0.05) is 30.6 Å². The molecule has 3 amide bonds. The average Bonchev–Trinajstić information content (AvgIpc) is 2.81. The lowest BCUT2D eigenvalue weighted by Gasteiger charge is -2.28. The van der Waals surface area contributed by atoms with Gasteiger partial charge in [0.05, 0.1) is 19.9 Å². The lowest BCUT2D eigenvalue weighted by Crippen LogP contribution is -2.48. The van der Waals surface area contributed by atoms with Gasteiger partial charge in [-0.05, 0) is 44.5 Å². The molecule has 0 bridgehead atoms. The Bertz CT molecular complexity index is 963. The molecule has 0 spiro atoms. The van der Waals surface area contributed by atoms with Crippen molar-refractivity contribution < 1.29 is 23.9 Å². The van der Waals surface area contributed by atoms with Gasteiger partial charge in [-0.25, -0.2) is 4.98 Å². The van der Waals surface area contributed by atoms with Gasteiger partial charge in [-0.3, -0.25) is 19.3 Å². The number of aromatic nitrogens is 1. The fourth-order valence-electron chi connectivity index (χ4n) is 2.96. The predicted octanol–water partition coefficient (Wildman–Crippen LogP) is 3.16. The van der Waals surface area contributed by atoms with E-state index in [0.717, 1.165) is 6.42 Å². The first-order valence-corrected chi connectivity index (χ1v) is 10.7. The second-order valence-electron chi connectivity index (χ2n) is 8.07. The van der Waals surface area contributed by atoms with Crippen LogP contribution in [0.1, 0.15) is 40.0 Å². The Labute approximate surface area is 194 Å². The number of amides is 3. The van der Waals surface area contributed by atoms with Crippen LogP contribution in [0.4, 0.5) is 11.5 Å². The van der Waals surface area contributed by atoms with E-state index in [-0.39, 0.29) is 37.1 Å². The average molecular weight is 457 g/mol. The van der Waals surface area contributed by atoms with Gasteiger partial charge in [0.15, 0.2) is 0 Å². The van der Waals surface area contributed by atoms with Crippen molar-refractivity contribution in [2.45, 2.75) is 45.6 Å². The Morgan fingerprint density at radius 2 is 1.79 bits per heavy atom. The minimum Gasteiger partial charge on any atom is -0.497 e. The third kappa shape index (κ3) is 7.78. The van der Waals surface area contributed by atoms with Gasteiger partial charge >= 0.3 is 0 Å². The summed E-state index contributed by atoms with van der Waals surface area (Å²) in [6, 6.07) is 10.1. The smallest absolute Gasteiger partial charge is 0.240 e. The van der Waals surface area contributed by atoms with Gasteiger partial charge in [-0.15, -0.1) is 0 Å². The number of anilines is 2. The number of hydrogen-bond donors (Lipinski definition) is 2. The number of rotatable bonds is 11. The van der Waals surface area contributed by atoms with Crippen LogP contribution in [-0.2, 0) is 14.4 Å². The lowest BCUT2D eigenvalue weighted by molar-refractivity contribution is -0.125. The van der Waals surface area contributed by atoms with E-state index in [9.17, 15) is 14.4 Å². The van der Waals surface area contributed by atoms with Crippen molar-refractivity contribution in [3.63, 3.8) is 0 Å². The molecule has 0 aliphatic rings. The van der Waals surface area contributed by atoms with E-state index >= 15 is 0 Å². The minimum atomic E-state index is -0.418. The number of benzene rings is 1. The molecule has 1 aromatic carbocycles. The summed E-state index contributed by atoms with van der Waals surface area (Å²) in [6.07, 6.45) is 2.13. The maximum absolute atomic E-state index is 13.2. The molecule has 0 saturated heterocycles. The number of ether oxygens (including phenoxy) is 2. The number of hydrogen-bond acceptors (Lipinski definition) is 6. The van der Waals surface area contributed by atoms with Crippen LogP contribution in [0, 0.1) is 0 Å². The van der Waals surface area contributed by atoms with Crippen LogP contribution in [0.5, 0.6) is 11.5 Å². The zero-order chi connectivity index (χ0) is 24.4. The Balaban J connectivity index is 2.20. The summed E-state index contributed by atoms with van der Waals surface area (Å²) in [5.41, 5.74) is -0.00358. The Morgan fingerprint density at radius 1 is 1.03 bits per heavy atom. The molecule has 0 radical (unpaired) electrons. The maximum atomic E-state index is 13.2. The highest BCUT2D eigenvalue weighted by Crippen LogP contribution is 2.32. The molecule has 1 aromatic heterocycles. The summed E-state index contributed by atoms with van der Waals surface area (Å²) >= 11 is 0. The van der Waals surface area contributed by atoms with Gasteiger partial charge in [-0.2, -0.15) is 0 Å². The first-order valence-electron chi connectivity index (χ1n) is 10.7. The second kappa shape index (κ2) is 11.8. The highest BCUT2D eigenvalue weighted by molar-refractivity contribution is 6.02. The topological polar surface area (TPSA) is 110 Å². The van der Waals surface area contributed by atoms with Crippen molar-refractivity contribution in [1.82, 2.24) is 10.3 Å². The molecule has 33 heavy (non-hydrogen) atoms. The van der Waals surface area contributed by atoms with E-state index in [4.69, 9.17) is 9.47 Å². The van der Waals surface area contributed by atoms with Crippen molar-refractivity contribution in [3.05, 3.63) is 42.6 Å². The molecule has 1 heterocycles. The molecule has 0 atom stereocenters. The number of methoxy groups -OCH3 is 2. The van der Waals surface area contributed by atoms with Crippen molar-refractivity contribution in [2.24, 2.45) is 0 Å². The molecule has 0 aliphatic carbocycles. The second-order valence-corrected chi connectivity index (χ2v) is 8.07. The van der Waals surface area contributed by atoms with Crippen LogP contribution < -0.4 is 25.0 Å². The van der Waals surface area contributed by atoms with Crippen LogP contribution >= 0.6 is 0 Å². The van der Waals surface area contributed by atoms with E-state index in [1.807, 2.05) is 20.8 Å². The number of carbonyl (C=O) groups is 3. The summed E-state index contributed by atoms with van der Waals surface area (Å²) in [6.45, 7) is 5.57. The first kappa shape index (κ1) is 25.6. The molecule has 0 unspecified atom stereocenters. The van der Waals surface area contributed by atoms with Gasteiger partial charge in [-0.1, -0.05) is 13.0 Å². The molecule has 178 valence electrons. The summed E-state index contributed by atoms with van der Waals surface area (Å²) < 4.78 is 10.7. The maximum Gasteiger partial charge on any atom is 0.240 e. The zero-order valence-electron chi connectivity index (χ0n) is 19.8. The molecule has 9 heteroatoms. The van der Waals surface area contributed by atoms with Crippen LogP contribution in [-0.4, -0.2) is 49.0 Å². The molecule has 9 nitrogen and oxygen atoms in total. The van der Waals surface area contributed by atoms with E-state index in [2.05, 4.69) is 15.6 Å². The quantitative estimate of drug-likeness (QED) is 0.538. The molecule has 2 N–H and O–H groups in total. The minimum absolute atomic E-state index is 0.0630.